The fourth-order valence-corrected chi connectivity index (χ4v) is 3.20. The van der Waals surface area contributed by atoms with Gasteiger partial charge in [0.2, 0.25) is 5.91 Å². The monoisotopic (exact) mass is 305 g/mol. The first-order chi connectivity index (χ1) is 10.7. The van der Waals surface area contributed by atoms with Crippen molar-refractivity contribution in [2.75, 3.05) is 26.2 Å². The quantitative estimate of drug-likeness (QED) is 0.861. The second kappa shape index (κ2) is 5.39. The molecule has 22 heavy (non-hydrogen) atoms. The Morgan fingerprint density at radius 1 is 1.36 bits per heavy atom. The first-order valence-corrected chi connectivity index (χ1v) is 7.87. The molecule has 3 heterocycles. The predicted octanol–water partition coefficient (Wildman–Crippen LogP) is 0.529. The molecule has 1 aromatic heterocycles. The number of nitrogens with one attached hydrogen (secondary N) is 1. The van der Waals surface area contributed by atoms with Gasteiger partial charge in [0.25, 0.3) is 5.91 Å². The van der Waals surface area contributed by atoms with Crippen molar-refractivity contribution in [2.45, 2.75) is 31.3 Å². The number of ether oxygens (including phenoxy) is 1. The Bertz CT molecular complexity index is 595. The van der Waals surface area contributed by atoms with Crippen LogP contribution in [0.5, 0.6) is 0 Å². The van der Waals surface area contributed by atoms with Gasteiger partial charge in [-0.1, -0.05) is 5.16 Å². The van der Waals surface area contributed by atoms with E-state index in [1.165, 1.54) is 0 Å². The first kappa shape index (κ1) is 13.8. The minimum Gasteiger partial charge on any atom is -0.374 e. The second-order valence-corrected chi connectivity index (χ2v) is 6.24. The van der Waals surface area contributed by atoms with Gasteiger partial charge in [-0.25, -0.2) is 0 Å². The zero-order valence-electron chi connectivity index (χ0n) is 12.3. The summed E-state index contributed by atoms with van der Waals surface area (Å²) >= 11 is 0. The van der Waals surface area contributed by atoms with E-state index in [0.29, 0.717) is 44.3 Å². The number of carbonyl (C=O) groups is 2. The first-order valence-electron chi connectivity index (χ1n) is 7.87. The van der Waals surface area contributed by atoms with Crippen LogP contribution in [-0.2, 0) is 9.53 Å². The average Bonchev–Trinajstić information content (AvgIpc) is 3.30. The molecule has 7 heteroatoms. The molecule has 1 saturated carbocycles. The number of hydrogen-bond acceptors (Lipinski definition) is 5. The van der Waals surface area contributed by atoms with Gasteiger partial charge in [0.05, 0.1) is 18.6 Å². The highest BCUT2D eigenvalue weighted by Gasteiger charge is 2.38. The van der Waals surface area contributed by atoms with E-state index in [4.69, 9.17) is 9.26 Å². The third-order valence-corrected chi connectivity index (χ3v) is 4.64. The van der Waals surface area contributed by atoms with E-state index < -0.39 is 0 Å². The number of piperidine rings is 1. The summed E-state index contributed by atoms with van der Waals surface area (Å²) in [6, 6.07) is 1.76. The van der Waals surface area contributed by atoms with E-state index in [-0.39, 0.29) is 23.8 Å². The maximum absolute atomic E-state index is 12.5. The molecule has 0 aromatic carbocycles. The molecule has 0 unspecified atom stereocenters. The van der Waals surface area contributed by atoms with Crippen molar-refractivity contribution in [1.29, 1.82) is 0 Å². The fourth-order valence-electron chi connectivity index (χ4n) is 3.20. The Kier molecular flexibility index (Phi) is 3.37. The Morgan fingerprint density at radius 3 is 3.05 bits per heavy atom. The van der Waals surface area contributed by atoms with Gasteiger partial charge in [-0.05, 0) is 19.3 Å². The van der Waals surface area contributed by atoms with Crippen molar-refractivity contribution in [3.63, 3.8) is 0 Å². The van der Waals surface area contributed by atoms with Gasteiger partial charge in [0.1, 0.15) is 5.76 Å². The highest BCUT2D eigenvalue weighted by molar-refractivity contribution is 5.92. The van der Waals surface area contributed by atoms with E-state index in [1.54, 1.807) is 11.0 Å². The van der Waals surface area contributed by atoms with Crippen molar-refractivity contribution in [3.05, 3.63) is 17.5 Å². The lowest BCUT2D eigenvalue weighted by Crippen LogP contribution is -2.50. The molecule has 3 fully saturated rings. The SMILES string of the molecule is O=C1NCCO[C@@H]2CN(C(=O)c3cc(C4CC4)on3)CC[C@H]12. The summed E-state index contributed by atoms with van der Waals surface area (Å²) in [5.74, 6) is 0.984. The standard InChI is InChI=1S/C15H19N3O4/c19-14-10-3-5-18(8-13(10)21-6-4-16-14)15(20)11-7-12(22-17-11)9-1-2-9/h7,9-10,13H,1-6,8H2,(H,16,19)/t10-,13+/m0/s1. The predicted molar refractivity (Wildman–Crippen MR) is 75.2 cm³/mol. The zero-order chi connectivity index (χ0) is 15.1. The van der Waals surface area contributed by atoms with Crippen molar-refractivity contribution in [1.82, 2.24) is 15.4 Å². The number of hydrogen-bond donors (Lipinski definition) is 1. The summed E-state index contributed by atoms with van der Waals surface area (Å²) in [7, 11) is 0. The van der Waals surface area contributed by atoms with Gasteiger partial charge in [0.15, 0.2) is 5.69 Å². The summed E-state index contributed by atoms with van der Waals surface area (Å²) in [4.78, 5) is 26.2. The van der Waals surface area contributed by atoms with E-state index in [9.17, 15) is 9.59 Å². The molecule has 2 saturated heterocycles. The number of carbonyl (C=O) groups excluding carboxylic acids is 2. The Balaban J connectivity index is 1.46. The van der Waals surface area contributed by atoms with Crippen LogP contribution >= 0.6 is 0 Å². The van der Waals surface area contributed by atoms with Gasteiger partial charge in [0, 0.05) is 31.6 Å². The third kappa shape index (κ3) is 2.49. The second-order valence-electron chi connectivity index (χ2n) is 6.24. The molecule has 2 atom stereocenters. The number of nitrogens with zero attached hydrogens (tertiary/aromatic N) is 2. The fraction of sp³-hybridized carbons (Fsp3) is 0.667. The van der Waals surface area contributed by atoms with E-state index >= 15 is 0 Å². The van der Waals surface area contributed by atoms with Crippen LogP contribution < -0.4 is 5.32 Å². The summed E-state index contributed by atoms with van der Waals surface area (Å²) < 4.78 is 11.0. The van der Waals surface area contributed by atoms with Crippen molar-refractivity contribution in [2.24, 2.45) is 5.92 Å². The Morgan fingerprint density at radius 2 is 2.23 bits per heavy atom. The van der Waals surface area contributed by atoms with Crippen molar-refractivity contribution in [3.8, 4) is 0 Å². The molecule has 4 rings (SSSR count). The van der Waals surface area contributed by atoms with Crippen LogP contribution in [0.15, 0.2) is 10.6 Å². The summed E-state index contributed by atoms with van der Waals surface area (Å²) in [6.07, 6.45) is 2.61. The number of fused-ring (bicyclic) bond motifs is 1. The molecular weight excluding hydrogens is 286 g/mol. The van der Waals surface area contributed by atoms with Crippen molar-refractivity contribution < 1.29 is 18.8 Å². The van der Waals surface area contributed by atoms with Gasteiger partial charge in [-0.3, -0.25) is 9.59 Å². The third-order valence-electron chi connectivity index (χ3n) is 4.64. The van der Waals surface area contributed by atoms with E-state index in [0.717, 1.165) is 18.6 Å². The Hall–Kier alpha value is -1.89. The van der Waals surface area contributed by atoms with E-state index in [1.807, 2.05) is 0 Å². The molecule has 0 bridgehead atoms. The topological polar surface area (TPSA) is 84.7 Å². The molecule has 1 aromatic rings. The number of aromatic nitrogens is 1. The van der Waals surface area contributed by atoms with Gasteiger partial charge >= 0.3 is 0 Å². The van der Waals surface area contributed by atoms with Crippen LogP contribution in [0.3, 0.4) is 0 Å². The summed E-state index contributed by atoms with van der Waals surface area (Å²) in [5.41, 5.74) is 0.360. The maximum atomic E-state index is 12.5. The van der Waals surface area contributed by atoms with Gasteiger partial charge in [-0.15, -0.1) is 0 Å². The summed E-state index contributed by atoms with van der Waals surface area (Å²) in [6.45, 7) is 2.00. The smallest absolute Gasteiger partial charge is 0.276 e. The lowest BCUT2D eigenvalue weighted by molar-refractivity contribution is -0.129. The number of rotatable bonds is 2. The molecule has 7 nitrogen and oxygen atoms in total. The minimum atomic E-state index is -0.227. The highest BCUT2D eigenvalue weighted by Crippen LogP contribution is 2.40. The maximum Gasteiger partial charge on any atom is 0.276 e. The molecule has 2 amide bonds. The van der Waals surface area contributed by atoms with Crippen LogP contribution in [0.2, 0.25) is 0 Å². The van der Waals surface area contributed by atoms with Crippen LogP contribution in [0.1, 0.15) is 41.4 Å². The minimum absolute atomic E-state index is 0.0343. The lowest BCUT2D eigenvalue weighted by atomic mass is 9.93. The van der Waals surface area contributed by atoms with E-state index in [2.05, 4.69) is 10.5 Å². The molecular formula is C15H19N3O4. The Labute approximate surface area is 128 Å². The molecule has 0 spiro atoms. The number of likely N-dealkylation sites (tertiary alicyclic amines) is 1. The molecule has 1 aliphatic carbocycles. The molecule has 3 aliphatic rings. The van der Waals surface area contributed by atoms with Gasteiger partial charge < -0.3 is 19.5 Å². The molecule has 0 radical (unpaired) electrons. The number of amides is 2. The van der Waals surface area contributed by atoms with Crippen LogP contribution in [0.4, 0.5) is 0 Å². The van der Waals surface area contributed by atoms with Crippen molar-refractivity contribution >= 4 is 11.8 Å². The largest absolute Gasteiger partial charge is 0.374 e. The van der Waals surface area contributed by atoms with Crippen LogP contribution in [-0.4, -0.2) is 54.2 Å². The highest BCUT2D eigenvalue weighted by atomic mass is 16.5. The van der Waals surface area contributed by atoms with Crippen LogP contribution in [0.25, 0.3) is 0 Å². The average molecular weight is 305 g/mol. The normalized spacial score (nSPS) is 28.7. The zero-order valence-corrected chi connectivity index (χ0v) is 12.3. The lowest BCUT2D eigenvalue weighted by Gasteiger charge is -2.35. The summed E-state index contributed by atoms with van der Waals surface area (Å²) in [5, 5.41) is 6.75. The molecule has 1 N–H and O–H groups in total. The van der Waals surface area contributed by atoms with Gasteiger partial charge in [-0.2, -0.15) is 0 Å². The van der Waals surface area contributed by atoms with Crippen LogP contribution in [0, 0.1) is 5.92 Å². The molecule has 118 valence electrons. The molecule has 2 aliphatic heterocycles.